The maximum Gasteiger partial charge on any atom is 0.304 e. The predicted octanol–water partition coefficient (Wildman–Crippen LogP) is 1.58. The van der Waals surface area contributed by atoms with E-state index in [0.717, 1.165) is 12.8 Å². The molecule has 3 nitrogen and oxygen atoms in total. The predicted molar refractivity (Wildman–Crippen MR) is 49.3 cm³/mol. The monoisotopic (exact) mass is 173 g/mol. The highest BCUT2D eigenvalue weighted by Gasteiger charge is 2.08. The smallest absolute Gasteiger partial charge is 0.304 e. The quantitative estimate of drug-likeness (QED) is 0.663. The second-order valence-electron chi connectivity index (χ2n) is 3.26. The van der Waals surface area contributed by atoms with Crippen molar-refractivity contribution < 1.29 is 9.90 Å². The number of nitrogens with zero attached hydrogens (tertiary/aromatic N) is 1. The van der Waals surface area contributed by atoms with Crippen molar-refractivity contribution in [1.82, 2.24) is 4.90 Å². The standard InChI is InChI=1S/C9H19NO2/c1-4-5-8(2)10(3)7-6-9(11)12/h8H,4-7H2,1-3H3,(H,11,12). The van der Waals surface area contributed by atoms with Crippen LogP contribution in [-0.2, 0) is 4.79 Å². The van der Waals surface area contributed by atoms with Crippen LogP contribution < -0.4 is 0 Å². The molecule has 1 unspecified atom stereocenters. The molecule has 0 heterocycles. The van der Waals surface area contributed by atoms with Gasteiger partial charge in [0.2, 0.25) is 0 Å². The molecule has 72 valence electrons. The maximum absolute atomic E-state index is 10.3. The summed E-state index contributed by atoms with van der Waals surface area (Å²) in [5.41, 5.74) is 0. The zero-order valence-electron chi connectivity index (χ0n) is 8.21. The summed E-state index contributed by atoms with van der Waals surface area (Å²) in [7, 11) is 1.98. The van der Waals surface area contributed by atoms with E-state index in [-0.39, 0.29) is 6.42 Å². The van der Waals surface area contributed by atoms with Crippen molar-refractivity contribution in [1.29, 1.82) is 0 Å². The molecule has 0 saturated carbocycles. The van der Waals surface area contributed by atoms with Gasteiger partial charge >= 0.3 is 5.97 Å². The first-order valence-electron chi connectivity index (χ1n) is 4.50. The van der Waals surface area contributed by atoms with Crippen LogP contribution in [0.15, 0.2) is 0 Å². The van der Waals surface area contributed by atoms with Gasteiger partial charge in [0.15, 0.2) is 0 Å². The van der Waals surface area contributed by atoms with Gasteiger partial charge < -0.3 is 10.0 Å². The molecule has 1 N–H and O–H groups in total. The van der Waals surface area contributed by atoms with Gasteiger partial charge in [0, 0.05) is 12.6 Å². The fraction of sp³-hybridized carbons (Fsp3) is 0.889. The molecule has 0 radical (unpaired) electrons. The van der Waals surface area contributed by atoms with Gasteiger partial charge in [0.05, 0.1) is 6.42 Å². The summed E-state index contributed by atoms with van der Waals surface area (Å²) in [6.45, 7) is 4.92. The van der Waals surface area contributed by atoms with Gasteiger partial charge in [0.1, 0.15) is 0 Å². The Hall–Kier alpha value is -0.570. The average molecular weight is 173 g/mol. The second-order valence-corrected chi connectivity index (χ2v) is 3.26. The largest absolute Gasteiger partial charge is 0.481 e. The average Bonchev–Trinajstić information content (AvgIpc) is 2.00. The molecule has 0 aliphatic heterocycles. The Labute approximate surface area is 74.4 Å². The minimum Gasteiger partial charge on any atom is -0.481 e. The third-order valence-electron chi connectivity index (χ3n) is 2.14. The highest BCUT2D eigenvalue weighted by molar-refractivity contribution is 5.66. The first kappa shape index (κ1) is 11.4. The van der Waals surface area contributed by atoms with Gasteiger partial charge in [-0.15, -0.1) is 0 Å². The molecule has 3 heteroatoms. The highest BCUT2D eigenvalue weighted by Crippen LogP contribution is 2.03. The number of hydrogen-bond donors (Lipinski definition) is 1. The molecular formula is C9H19NO2. The minimum atomic E-state index is -0.717. The molecule has 0 amide bonds. The van der Waals surface area contributed by atoms with Gasteiger partial charge in [0.25, 0.3) is 0 Å². The second kappa shape index (κ2) is 6.00. The topological polar surface area (TPSA) is 40.5 Å². The number of carboxylic acid groups (broad SMARTS) is 1. The number of aliphatic carboxylic acids is 1. The van der Waals surface area contributed by atoms with Gasteiger partial charge in [-0.1, -0.05) is 13.3 Å². The maximum atomic E-state index is 10.3. The van der Waals surface area contributed by atoms with Crippen LogP contribution in [0.25, 0.3) is 0 Å². The Morgan fingerprint density at radius 2 is 2.17 bits per heavy atom. The zero-order valence-corrected chi connectivity index (χ0v) is 8.21. The van der Waals surface area contributed by atoms with Crippen LogP contribution in [0.2, 0.25) is 0 Å². The summed E-state index contributed by atoms with van der Waals surface area (Å²) >= 11 is 0. The van der Waals surface area contributed by atoms with Crippen molar-refractivity contribution in [2.24, 2.45) is 0 Å². The van der Waals surface area contributed by atoms with Gasteiger partial charge in [-0.3, -0.25) is 4.79 Å². The van der Waals surface area contributed by atoms with Crippen LogP contribution in [0.1, 0.15) is 33.1 Å². The van der Waals surface area contributed by atoms with E-state index in [2.05, 4.69) is 18.7 Å². The first-order chi connectivity index (χ1) is 5.57. The Morgan fingerprint density at radius 1 is 1.58 bits per heavy atom. The van der Waals surface area contributed by atoms with Crippen molar-refractivity contribution in [3.8, 4) is 0 Å². The molecule has 0 fully saturated rings. The van der Waals surface area contributed by atoms with Crippen LogP contribution in [0.3, 0.4) is 0 Å². The van der Waals surface area contributed by atoms with E-state index >= 15 is 0 Å². The van der Waals surface area contributed by atoms with Gasteiger partial charge in [-0.2, -0.15) is 0 Å². The van der Waals surface area contributed by atoms with E-state index in [1.807, 2.05) is 7.05 Å². The van der Waals surface area contributed by atoms with E-state index in [1.54, 1.807) is 0 Å². The number of carbonyl (C=O) groups is 1. The Morgan fingerprint density at radius 3 is 2.58 bits per heavy atom. The van der Waals surface area contributed by atoms with E-state index < -0.39 is 5.97 Å². The lowest BCUT2D eigenvalue weighted by Crippen LogP contribution is -2.30. The molecule has 0 saturated heterocycles. The summed E-state index contributed by atoms with van der Waals surface area (Å²) in [5, 5.41) is 8.45. The summed E-state index contributed by atoms with van der Waals surface area (Å²) in [6.07, 6.45) is 2.53. The Kier molecular flexibility index (Phi) is 5.72. The first-order valence-corrected chi connectivity index (χ1v) is 4.50. The molecule has 0 aliphatic rings. The van der Waals surface area contributed by atoms with E-state index in [1.165, 1.54) is 0 Å². The Bertz CT molecular complexity index is 136. The lowest BCUT2D eigenvalue weighted by Gasteiger charge is -2.23. The van der Waals surface area contributed by atoms with Crippen LogP contribution in [0.4, 0.5) is 0 Å². The number of carboxylic acids is 1. The van der Waals surface area contributed by atoms with Crippen LogP contribution in [0, 0.1) is 0 Å². The molecule has 1 atom stereocenters. The molecule has 0 rings (SSSR count). The highest BCUT2D eigenvalue weighted by atomic mass is 16.4. The molecule has 0 aromatic carbocycles. The van der Waals surface area contributed by atoms with E-state index in [9.17, 15) is 4.79 Å². The van der Waals surface area contributed by atoms with Crippen molar-refractivity contribution in [2.75, 3.05) is 13.6 Å². The number of hydrogen-bond acceptors (Lipinski definition) is 2. The lowest BCUT2D eigenvalue weighted by atomic mass is 10.2. The molecule has 0 aromatic heterocycles. The molecule has 0 bridgehead atoms. The summed E-state index contributed by atoms with van der Waals surface area (Å²) in [4.78, 5) is 12.4. The van der Waals surface area contributed by atoms with Crippen molar-refractivity contribution >= 4 is 5.97 Å². The SMILES string of the molecule is CCCC(C)N(C)CCC(=O)O. The van der Waals surface area contributed by atoms with Gasteiger partial charge in [-0.05, 0) is 20.4 Å². The molecule has 0 aliphatic carbocycles. The molecular weight excluding hydrogens is 154 g/mol. The van der Waals surface area contributed by atoms with E-state index in [0.29, 0.717) is 12.6 Å². The molecule has 0 aromatic rings. The Balaban J connectivity index is 3.55. The van der Waals surface area contributed by atoms with Crippen molar-refractivity contribution in [2.45, 2.75) is 39.2 Å². The third-order valence-corrected chi connectivity index (χ3v) is 2.14. The summed E-state index contributed by atoms with van der Waals surface area (Å²) in [6, 6.07) is 0.495. The summed E-state index contributed by atoms with van der Waals surface area (Å²) in [5.74, 6) is -0.717. The molecule has 12 heavy (non-hydrogen) atoms. The van der Waals surface area contributed by atoms with Crippen molar-refractivity contribution in [3.63, 3.8) is 0 Å². The fourth-order valence-corrected chi connectivity index (χ4v) is 1.13. The van der Waals surface area contributed by atoms with Crippen LogP contribution in [0.5, 0.6) is 0 Å². The molecule has 0 spiro atoms. The third kappa shape index (κ3) is 5.13. The zero-order chi connectivity index (χ0) is 9.56. The van der Waals surface area contributed by atoms with Crippen molar-refractivity contribution in [3.05, 3.63) is 0 Å². The van der Waals surface area contributed by atoms with Crippen LogP contribution >= 0.6 is 0 Å². The van der Waals surface area contributed by atoms with Gasteiger partial charge in [-0.25, -0.2) is 0 Å². The summed E-state index contributed by atoms with van der Waals surface area (Å²) < 4.78 is 0. The van der Waals surface area contributed by atoms with E-state index in [4.69, 9.17) is 5.11 Å². The number of rotatable bonds is 6. The fourth-order valence-electron chi connectivity index (χ4n) is 1.13. The lowest BCUT2D eigenvalue weighted by molar-refractivity contribution is -0.137. The normalized spacial score (nSPS) is 13.3. The van der Waals surface area contributed by atoms with Crippen LogP contribution in [-0.4, -0.2) is 35.6 Å². The minimum absolute atomic E-state index is 0.241.